The lowest BCUT2D eigenvalue weighted by molar-refractivity contribution is -0.118. The van der Waals surface area contributed by atoms with Crippen molar-refractivity contribution in [2.24, 2.45) is 16.3 Å². The van der Waals surface area contributed by atoms with Crippen LogP contribution in [0.4, 0.5) is 0 Å². The summed E-state index contributed by atoms with van der Waals surface area (Å²) >= 11 is 12.2. The van der Waals surface area contributed by atoms with Crippen LogP contribution in [0.5, 0.6) is 0 Å². The summed E-state index contributed by atoms with van der Waals surface area (Å²) in [5.74, 6) is -0.240. The van der Waals surface area contributed by atoms with Gasteiger partial charge in [-0.25, -0.2) is 4.99 Å². The molecule has 2 aliphatic carbocycles. The number of hydrogen-bond acceptors (Lipinski definition) is 2. The first-order valence-corrected chi connectivity index (χ1v) is 8.45. The second-order valence-electron chi connectivity index (χ2n) is 7.04. The van der Waals surface area contributed by atoms with E-state index >= 15 is 0 Å². The number of carbonyl (C=O) groups is 1. The quantitative estimate of drug-likeness (QED) is 0.801. The molecular weight excluding hydrogens is 319 g/mol. The van der Waals surface area contributed by atoms with Crippen LogP contribution in [0.1, 0.15) is 39.5 Å². The molecule has 0 saturated heterocycles. The number of nitrogens with zero attached hydrogens (tertiary/aromatic N) is 1. The monoisotopic (exact) mass is 338 g/mol. The van der Waals surface area contributed by atoms with Crippen LogP contribution in [0.15, 0.2) is 39.0 Å². The van der Waals surface area contributed by atoms with Crippen molar-refractivity contribution in [3.8, 4) is 0 Å². The number of allylic oxidation sites excluding steroid dienone is 5. The van der Waals surface area contributed by atoms with E-state index in [1.165, 1.54) is 0 Å². The van der Waals surface area contributed by atoms with E-state index in [1.54, 1.807) is 12.2 Å². The van der Waals surface area contributed by atoms with Crippen molar-refractivity contribution in [3.63, 3.8) is 0 Å². The fraction of sp³-hybridized carbons (Fsp3) is 0.529. The minimum Gasteiger partial charge on any atom is -0.348 e. The van der Waals surface area contributed by atoms with Gasteiger partial charge in [0.15, 0.2) is 0 Å². The number of rotatable bonds is 2. The Hall–Kier alpha value is -1.06. The molecule has 1 atom stereocenters. The SMILES string of the molecule is CC1(C)CCC(NC(=O)C2=CC3C(Cl)=CC(Cl)=CC3=N2)CC1. The van der Waals surface area contributed by atoms with Crippen molar-refractivity contribution in [1.29, 1.82) is 0 Å². The summed E-state index contributed by atoms with van der Waals surface area (Å²) < 4.78 is 0. The van der Waals surface area contributed by atoms with Crippen LogP contribution in [0.3, 0.4) is 0 Å². The van der Waals surface area contributed by atoms with Crippen molar-refractivity contribution < 1.29 is 4.79 Å². The smallest absolute Gasteiger partial charge is 0.269 e. The van der Waals surface area contributed by atoms with E-state index in [2.05, 4.69) is 24.2 Å². The molecule has 3 nitrogen and oxygen atoms in total. The van der Waals surface area contributed by atoms with Crippen LogP contribution in [0, 0.1) is 11.3 Å². The highest BCUT2D eigenvalue weighted by molar-refractivity contribution is 6.39. The van der Waals surface area contributed by atoms with E-state index in [-0.39, 0.29) is 17.9 Å². The zero-order valence-electron chi connectivity index (χ0n) is 12.8. The number of nitrogens with one attached hydrogen (secondary N) is 1. The first-order valence-electron chi connectivity index (χ1n) is 7.70. The Labute approximate surface area is 141 Å². The molecule has 1 fully saturated rings. The molecule has 3 aliphatic rings. The zero-order chi connectivity index (χ0) is 15.9. The fourth-order valence-corrected chi connectivity index (χ4v) is 3.74. The standard InChI is InChI=1S/C17H20Cl2N2O/c1-17(2)5-3-11(4-6-17)20-16(22)15-9-12-13(19)7-10(18)8-14(12)21-15/h7-9,11-12H,3-6H2,1-2H3,(H,20,22). The Morgan fingerprint density at radius 1 is 1.27 bits per heavy atom. The van der Waals surface area contributed by atoms with Crippen LogP contribution in [0.2, 0.25) is 0 Å². The number of hydrogen-bond donors (Lipinski definition) is 1. The number of fused-ring (bicyclic) bond motifs is 1. The van der Waals surface area contributed by atoms with E-state index in [1.807, 2.05) is 6.08 Å². The maximum atomic E-state index is 12.4. The lowest BCUT2D eigenvalue weighted by Crippen LogP contribution is -2.39. The molecule has 22 heavy (non-hydrogen) atoms. The Bertz CT molecular complexity index is 619. The van der Waals surface area contributed by atoms with Crippen molar-refractivity contribution in [1.82, 2.24) is 5.32 Å². The number of halogens is 2. The Morgan fingerprint density at radius 2 is 1.95 bits per heavy atom. The molecule has 0 spiro atoms. The van der Waals surface area contributed by atoms with Gasteiger partial charge in [0.25, 0.3) is 5.91 Å². The van der Waals surface area contributed by atoms with E-state index < -0.39 is 0 Å². The molecule has 1 N–H and O–H groups in total. The maximum absolute atomic E-state index is 12.4. The summed E-state index contributed by atoms with van der Waals surface area (Å²) in [4.78, 5) is 16.8. The molecule has 118 valence electrons. The lowest BCUT2D eigenvalue weighted by Gasteiger charge is -2.34. The number of carbonyl (C=O) groups excluding carboxylic acids is 1. The molecule has 1 heterocycles. The average molecular weight is 339 g/mol. The second-order valence-corrected chi connectivity index (χ2v) is 7.91. The van der Waals surface area contributed by atoms with Gasteiger partial charge in [-0.05, 0) is 49.3 Å². The first kappa shape index (κ1) is 15.8. The van der Waals surface area contributed by atoms with Gasteiger partial charge >= 0.3 is 0 Å². The summed E-state index contributed by atoms with van der Waals surface area (Å²) in [6, 6.07) is 0.245. The van der Waals surface area contributed by atoms with Crippen LogP contribution >= 0.6 is 23.2 Å². The third-order valence-corrected chi connectivity index (χ3v) is 5.22. The predicted molar refractivity (Wildman–Crippen MR) is 91.1 cm³/mol. The van der Waals surface area contributed by atoms with E-state index in [0.29, 0.717) is 21.2 Å². The fourth-order valence-electron chi connectivity index (χ4n) is 3.17. The maximum Gasteiger partial charge on any atom is 0.269 e. The van der Waals surface area contributed by atoms with Crippen molar-refractivity contribution in [3.05, 3.63) is 34.0 Å². The predicted octanol–water partition coefficient (Wildman–Crippen LogP) is 4.29. The Kier molecular flexibility index (Phi) is 4.21. The van der Waals surface area contributed by atoms with Gasteiger partial charge in [0.05, 0.1) is 11.6 Å². The average Bonchev–Trinajstić information content (AvgIpc) is 2.85. The van der Waals surface area contributed by atoms with E-state index in [9.17, 15) is 4.79 Å². The molecular formula is C17H20Cl2N2O. The van der Waals surface area contributed by atoms with Crippen molar-refractivity contribution >= 4 is 34.8 Å². The molecule has 1 saturated carbocycles. The van der Waals surface area contributed by atoms with E-state index in [0.717, 1.165) is 31.4 Å². The zero-order valence-corrected chi connectivity index (χ0v) is 14.3. The van der Waals surface area contributed by atoms with Gasteiger partial charge in [-0.15, -0.1) is 0 Å². The second kappa shape index (κ2) is 5.86. The van der Waals surface area contributed by atoms with Crippen molar-refractivity contribution in [2.75, 3.05) is 0 Å². The molecule has 0 bridgehead atoms. The number of aliphatic imine (C=N–C) groups is 1. The van der Waals surface area contributed by atoms with Crippen LogP contribution in [0.25, 0.3) is 0 Å². The molecule has 3 rings (SSSR count). The minimum atomic E-state index is -0.129. The summed E-state index contributed by atoms with van der Waals surface area (Å²) in [5, 5.41) is 4.25. The topological polar surface area (TPSA) is 41.5 Å². The molecule has 1 amide bonds. The highest BCUT2D eigenvalue weighted by Crippen LogP contribution is 2.36. The Balaban J connectivity index is 1.65. The highest BCUT2D eigenvalue weighted by Gasteiger charge is 2.31. The normalized spacial score (nSPS) is 27.4. The van der Waals surface area contributed by atoms with Gasteiger partial charge in [-0.1, -0.05) is 37.0 Å². The molecule has 1 unspecified atom stereocenters. The molecule has 0 aromatic heterocycles. The van der Waals surface area contributed by atoms with E-state index in [4.69, 9.17) is 23.2 Å². The summed E-state index contributed by atoms with van der Waals surface area (Å²) in [6.45, 7) is 4.57. The van der Waals surface area contributed by atoms with Crippen LogP contribution < -0.4 is 5.32 Å². The minimum absolute atomic E-state index is 0.111. The van der Waals surface area contributed by atoms with Gasteiger partial charge in [0, 0.05) is 16.1 Å². The van der Waals surface area contributed by atoms with Crippen LogP contribution in [-0.2, 0) is 4.79 Å². The molecule has 1 aliphatic heterocycles. The van der Waals surface area contributed by atoms with Crippen LogP contribution in [-0.4, -0.2) is 17.7 Å². The molecule has 0 aromatic carbocycles. The molecule has 0 aromatic rings. The largest absolute Gasteiger partial charge is 0.348 e. The Morgan fingerprint density at radius 3 is 2.64 bits per heavy atom. The third kappa shape index (κ3) is 3.31. The molecule has 5 heteroatoms. The van der Waals surface area contributed by atoms with Gasteiger partial charge in [-0.2, -0.15) is 0 Å². The summed E-state index contributed by atoms with van der Waals surface area (Å²) in [5.41, 5.74) is 1.58. The summed E-state index contributed by atoms with van der Waals surface area (Å²) in [6.07, 6.45) is 9.61. The molecule has 0 radical (unpaired) electrons. The lowest BCUT2D eigenvalue weighted by atomic mass is 9.75. The van der Waals surface area contributed by atoms with Gasteiger partial charge in [0.2, 0.25) is 0 Å². The highest BCUT2D eigenvalue weighted by atomic mass is 35.5. The van der Waals surface area contributed by atoms with Gasteiger partial charge in [0.1, 0.15) is 5.70 Å². The number of amides is 1. The first-order chi connectivity index (χ1) is 10.3. The van der Waals surface area contributed by atoms with Gasteiger partial charge < -0.3 is 5.32 Å². The third-order valence-electron chi connectivity index (χ3n) is 4.66. The summed E-state index contributed by atoms with van der Waals surface area (Å²) in [7, 11) is 0. The van der Waals surface area contributed by atoms with Crippen molar-refractivity contribution in [2.45, 2.75) is 45.6 Å². The van der Waals surface area contributed by atoms with Gasteiger partial charge in [-0.3, -0.25) is 4.79 Å².